The van der Waals surface area contributed by atoms with Gasteiger partial charge in [-0.05, 0) is 6.42 Å². The Kier molecular flexibility index (Phi) is 19.8. The number of unbranched alkanes of at least 4 members (excludes halogenated alkanes) is 8. The molecule has 0 aliphatic heterocycles. The zero-order chi connectivity index (χ0) is 13.4. The van der Waals surface area contributed by atoms with E-state index in [1.165, 1.54) is 51.4 Å². The smallest absolute Gasteiger partial charge is 0.217 e. The van der Waals surface area contributed by atoms with E-state index in [2.05, 4.69) is 20.8 Å². The van der Waals surface area contributed by atoms with E-state index in [1.807, 2.05) is 0 Å². The van der Waals surface area contributed by atoms with Crippen LogP contribution in [-0.2, 0) is 4.79 Å². The average molecular weight is 243 g/mol. The van der Waals surface area contributed by atoms with E-state index in [4.69, 9.17) is 5.73 Å². The van der Waals surface area contributed by atoms with Crippen LogP contribution in [0.15, 0.2) is 0 Å². The maximum atomic E-state index is 10.4. The largest absolute Gasteiger partial charge is 0.370 e. The van der Waals surface area contributed by atoms with Gasteiger partial charge in [0.2, 0.25) is 5.91 Å². The van der Waals surface area contributed by atoms with Gasteiger partial charge in [0.15, 0.2) is 0 Å². The van der Waals surface area contributed by atoms with Crippen molar-refractivity contribution >= 4 is 5.91 Å². The second-order valence-corrected chi connectivity index (χ2v) is 4.75. The minimum Gasteiger partial charge on any atom is -0.370 e. The van der Waals surface area contributed by atoms with Crippen LogP contribution in [0.5, 0.6) is 0 Å². The Balaban J connectivity index is 0. The first-order chi connectivity index (χ1) is 8.18. The maximum Gasteiger partial charge on any atom is 0.217 e. The summed E-state index contributed by atoms with van der Waals surface area (Å²) < 4.78 is 0. The number of hydrogen-bond donors (Lipinski definition) is 1. The van der Waals surface area contributed by atoms with Crippen molar-refractivity contribution in [3.63, 3.8) is 0 Å². The van der Waals surface area contributed by atoms with Crippen LogP contribution in [0.25, 0.3) is 0 Å². The van der Waals surface area contributed by atoms with Crippen molar-refractivity contribution < 1.29 is 4.79 Å². The molecular formula is C15H33NO. The molecule has 2 nitrogen and oxygen atoms in total. The van der Waals surface area contributed by atoms with E-state index in [1.54, 1.807) is 0 Å². The quantitative estimate of drug-likeness (QED) is 0.550. The summed E-state index contributed by atoms with van der Waals surface area (Å²) >= 11 is 0. The molecule has 104 valence electrons. The van der Waals surface area contributed by atoms with Crippen molar-refractivity contribution in [2.24, 2.45) is 5.73 Å². The number of carbonyl (C=O) groups excluding carboxylic acids is 1. The Morgan fingerprint density at radius 1 is 0.765 bits per heavy atom. The number of nitrogens with two attached hydrogens (primary N) is 1. The Labute approximate surface area is 108 Å². The Bertz CT molecular complexity index is 146. The van der Waals surface area contributed by atoms with Crippen molar-refractivity contribution in [2.75, 3.05) is 0 Å². The lowest BCUT2D eigenvalue weighted by Crippen LogP contribution is -2.09. The predicted molar refractivity (Wildman–Crippen MR) is 77.0 cm³/mol. The van der Waals surface area contributed by atoms with Gasteiger partial charge in [-0.1, -0.05) is 78.6 Å². The number of rotatable bonds is 10. The summed E-state index contributed by atoms with van der Waals surface area (Å²) in [5.74, 6) is -0.159. The normalized spacial score (nSPS) is 9.59. The van der Waals surface area contributed by atoms with Gasteiger partial charge in [0.05, 0.1) is 0 Å². The standard InChI is InChI=1S/C12H25NO.C3H8/c1-2-3-4-5-6-7-8-9-10-11-12(13)14;1-3-2/h2-11H2,1H3,(H2,13,14);3H2,1-2H3. The van der Waals surface area contributed by atoms with Crippen LogP contribution in [0.1, 0.15) is 91.4 Å². The zero-order valence-corrected chi connectivity index (χ0v) is 12.3. The molecule has 0 saturated carbocycles. The average Bonchev–Trinajstić information content (AvgIpc) is 2.27. The molecule has 17 heavy (non-hydrogen) atoms. The van der Waals surface area contributed by atoms with Gasteiger partial charge < -0.3 is 5.73 Å². The number of primary amides is 1. The molecule has 0 atom stereocenters. The fourth-order valence-electron chi connectivity index (χ4n) is 1.61. The van der Waals surface area contributed by atoms with E-state index in [9.17, 15) is 4.79 Å². The van der Waals surface area contributed by atoms with Crippen LogP contribution < -0.4 is 5.73 Å². The Morgan fingerprint density at radius 2 is 1.12 bits per heavy atom. The molecule has 2 heteroatoms. The molecule has 0 aromatic rings. The second kappa shape index (κ2) is 17.9. The lowest BCUT2D eigenvalue weighted by Gasteiger charge is -2.00. The highest BCUT2D eigenvalue weighted by molar-refractivity contribution is 5.73. The van der Waals surface area contributed by atoms with Gasteiger partial charge in [-0.15, -0.1) is 0 Å². The number of hydrogen-bond acceptors (Lipinski definition) is 1. The molecule has 0 aromatic heterocycles. The van der Waals surface area contributed by atoms with E-state index in [0.717, 1.165) is 12.8 Å². The molecule has 0 heterocycles. The summed E-state index contributed by atoms with van der Waals surface area (Å²) in [6, 6.07) is 0. The summed E-state index contributed by atoms with van der Waals surface area (Å²) in [5, 5.41) is 0. The molecule has 1 amide bonds. The van der Waals surface area contributed by atoms with Crippen molar-refractivity contribution in [1.82, 2.24) is 0 Å². The highest BCUT2D eigenvalue weighted by atomic mass is 16.1. The third-order valence-electron chi connectivity index (χ3n) is 2.53. The van der Waals surface area contributed by atoms with E-state index < -0.39 is 0 Å². The van der Waals surface area contributed by atoms with Gasteiger partial charge in [0.25, 0.3) is 0 Å². The first kappa shape index (κ1) is 18.8. The molecule has 0 radical (unpaired) electrons. The summed E-state index contributed by atoms with van der Waals surface area (Å²) in [6.45, 7) is 6.49. The third-order valence-corrected chi connectivity index (χ3v) is 2.53. The highest BCUT2D eigenvalue weighted by Crippen LogP contribution is 2.10. The van der Waals surface area contributed by atoms with Gasteiger partial charge >= 0.3 is 0 Å². The van der Waals surface area contributed by atoms with E-state index in [0.29, 0.717) is 6.42 Å². The summed E-state index contributed by atoms with van der Waals surface area (Å²) in [4.78, 5) is 10.4. The van der Waals surface area contributed by atoms with Crippen LogP contribution >= 0.6 is 0 Å². The molecule has 0 saturated heterocycles. The monoisotopic (exact) mass is 243 g/mol. The maximum absolute atomic E-state index is 10.4. The van der Waals surface area contributed by atoms with E-state index >= 15 is 0 Å². The minimum absolute atomic E-state index is 0.159. The molecule has 0 aromatic carbocycles. The molecule has 0 aliphatic carbocycles. The van der Waals surface area contributed by atoms with Crippen molar-refractivity contribution in [3.05, 3.63) is 0 Å². The molecular weight excluding hydrogens is 210 g/mol. The molecule has 0 aliphatic rings. The van der Waals surface area contributed by atoms with Crippen LogP contribution in [0.4, 0.5) is 0 Å². The molecule has 2 N–H and O–H groups in total. The lowest BCUT2D eigenvalue weighted by atomic mass is 10.1. The number of amides is 1. The first-order valence-corrected chi connectivity index (χ1v) is 7.47. The summed E-state index contributed by atoms with van der Waals surface area (Å²) in [5.41, 5.74) is 5.05. The van der Waals surface area contributed by atoms with Gasteiger partial charge in [0.1, 0.15) is 0 Å². The SMILES string of the molecule is CCC.CCCCCCCCCCCC(N)=O. The molecule has 0 unspecified atom stereocenters. The summed E-state index contributed by atoms with van der Waals surface area (Å²) in [6.07, 6.45) is 13.4. The highest BCUT2D eigenvalue weighted by Gasteiger charge is 1.94. The van der Waals surface area contributed by atoms with Crippen LogP contribution in [-0.4, -0.2) is 5.91 Å². The topological polar surface area (TPSA) is 43.1 Å². The minimum atomic E-state index is -0.159. The zero-order valence-electron chi connectivity index (χ0n) is 12.3. The van der Waals surface area contributed by atoms with Gasteiger partial charge in [-0.2, -0.15) is 0 Å². The summed E-state index contributed by atoms with van der Waals surface area (Å²) in [7, 11) is 0. The Morgan fingerprint density at radius 3 is 1.47 bits per heavy atom. The first-order valence-electron chi connectivity index (χ1n) is 7.47. The predicted octanol–water partition coefficient (Wildman–Crippen LogP) is 4.81. The van der Waals surface area contributed by atoms with Gasteiger partial charge in [0, 0.05) is 6.42 Å². The fraction of sp³-hybridized carbons (Fsp3) is 0.933. The fourth-order valence-corrected chi connectivity index (χ4v) is 1.61. The van der Waals surface area contributed by atoms with E-state index in [-0.39, 0.29) is 5.91 Å². The molecule has 0 spiro atoms. The van der Waals surface area contributed by atoms with Crippen molar-refractivity contribution in [3.8, 4) is 0 Å². The van der Waals surface area contributed by atoms with Crippen LogP contribution in [0.3, 0.4) is 0 Å². The molecule has 0 fully saturated rings. The van der Waals surface area contributed by atoms with Crippen molar-refractivity contribution in [2.45, 2.75) is 91.4 Å². The lowest BCUT2D eigenvalue weighted by molar-refractivity contribution is -0.118. The van der Waals surface area contributed by atoms with Crippen LogP contribution in [0.2, 0.25) is 0 Å². The second-order valence-electron chi connectivity index (χ2n) is 4.75. The number of carbonyl (C=O) groups is 1. The Hall–Kier alpha value is -0.530. The van der Waals surface area contributed by atoms with Crippen molar-refractivity contribution in [1.29, 1.82) is 0 Å². The van der Waals surface area contributed by atoms with Gasteiger partial charge in [-0.25, -0.2) is 0 Å². The van der Waals surface area contributed by atoms with Crippen LogP contribution in [0, 0.1) is 0 Å². The third kappa shape index (κ3) is 25.6. The van der Waals surface area contributed by atoms with Gasteiger partial charge in [-0.3, -0.25) is 4.79 Å². The molecule has 0 rings (SSSR count). The molecule has 0 bridgehead atoms.